The second-order valence-corrected chi connectivity index (χ2v) is 9.61. The maximum absolute atomic E-state index is 12.5. The summed E-state index contributed by atoms with van der Waals surface area (Å²) in [4.78, 5) is 4.54. The average Bonchev–Trinajstić information content (AvgIpc) is 3.04. The normalized spacial score (nSPS) is 12.2. The van der Waals surface area contributed by atoms with Gasteiger partial charge in [0.1, 0.15) is 0 Å². The van der Waals surface area contributed by atoms with E-state index in [2.05, 4.69) is 33.7 Å². The maximum atomic E-state index is 12.5. The molecule has 0 saturated heterocycles. The predicted octanol–water partition coefficient (Wildman–Crippen LogP) is 2.90. The van der Waals surface area contributed by atoms with Crippen molar-refractivity contribution in [1.82, 2.24) is 24.7 Å². The molecule has 0 bridgehead atoms. The average molecular weight is 563 g/mol. The molecule has 10 heteroatoms. The molecular weight excluding hydrogens is 527 g/mol. The Morgan fingerprint density at radius 1 is 1.19 bits per heavy atom. The number of aliphatic imine (C=N–C) groups is 1. The van der Waals surface area contributed by atoms with Gasteiger partial charge >= 0.3 is 0 Å². The van der Waals surface area contributed by atoms with Gasteiger partial charge in [0.2, 0.25) is 10.0 Å². The van der Waals surface area contributed by atoms with Crippen LogP contribution >= 0.6 is 24.0 Å². The molecular formula is C21H35IN6O2S. The van der Waals surface area contributed by atoms with E-state index in [0.29, 0.717) is 17.4 Å². The molecule has 2 aromatic rings. The van der Waals surface area contributed by atoms with Crippen LogP contribution in [-0.2, 0) is 23.1 Å². The van der Waals surface area contributed by atoms with E-state index in [1.54, 1.807) is 26.2 Å². The number of benzene rings is 1. The van der Waals surface area contributed by atoms with Gasteiger partial charge in [-0.05, 0) is 57.9 Å². The van der Waals surface area contributed by atoms with Crippen molar-refractivity contribution in [3.63, 3.8) is 0 Å². The zero-order valence-corrected chi connectivity index (χ0v) is 22.4. The standard InChI is InChI=1S/C21H34N6O2S.HI/c1-16(2)26(6)30(28,29)20-10-8-19(9-11-20)15-24-21(22-5)23-12-7-13-27-18(4)14-17(3)25-27;/h8-11,14,16H,7,12-13,15H2,1-6H3,(H2,22,23,24);1H. The van der Waals surface area contributed by atoms with Crippen molar-refractivity contribution in [2.45, 2.75) is 58.1 Å². The van der Waals surface area contributed by atoms with E-state index in [9.17, 15) is 8.42 Å². The first-order valence-corrected chi connectivity index (χ1v) is 11.6. The number of hydrogen-bond acceptors (Lipinski definition) is 4. The van der Waals surface area contributed by atoms with Crippen molar-refractivity contribution in [2.75, 3.05) is 20.6 Å². The highest BCUT2D eigenvalue weighted by molar-refractivity contribution is 14.0. The molecule has 0 unspecified atom stereocenters. The molecule has 1 aromatic carbocycles. The maximum Gasteiger partial charge on any atom is 0.243 e. The number of hydrogen-bond donors (Lipinski definition) is 2. The van der Waals surface area contributed by atoms with Gasteiger partial charge in [0, 0.05) is 45.5 Å². The fourth-order valence-electron chi connectivity index (χ4n) is 2.97. The van der Waals surface area contributed by atoms with Crippen LogP contribution in [0.15, 0.2) is 40.2 Å². The van der Waals surface area contributed by atoms with Crippen LogP contribution in [0.4, 0.5) is 0 Å². The van der Waals surface area contributed by atoms with Crippen LogP contribution in [0.3, 0.4) is 0 Å². The minimum absolute atomic E-state index is 0. The number of halogens is 1. The Kier molecular flexibility index (Phi) is 10.9. The highest BCUT2D eigenvalue weighted by Gasteiger charge is 2.22. The van der Waals surface area contributed by atoms with E-state index >= 15 is 0 Å². The Balaban J connectivity index is 0.00000480. The lowest BCUT2D eigenvalue weighted by molar-refractivity contribution is 0.410. The van der Waals surface area contributed by atoms with Crippen molar-refractivity contribution in [2.24, 2.45) is 4.99 Å². The number of sulfonamides is 1. The second kappa shape index (κ2) is 12.4. The number of nitrogens with zero attached hydrogens (tertiary/aromatic N) is 4. The minimum Gasteiger partial charge on any atom is -0.356 e. The summed E-state index contributed by atoms with van der Waals surface area (Å²) in [6.45, 7) is 9.94. The lowest BCUT2D eigenvalue weighted by atomic mass is 10.2. The number of nitrogens with one attached hydrogen (secondary N) is 2. The van der Waals surface area contributed by atoms with E-state index in [0.717, 1.165) is 30.8 Å². The number of rotatable bonds is 9. The molecule has 0 atom stereocenters. The summed E-state index contributed by atoms with van der Waals surface area (Å²) in [5, 5.41) is 11.0. The molecule has 0 fully saturated rings. The van der Waals surface area contributed by atoms with E-state index in [1.807, 2.05) is 37.6 Å². The van der Waals surface area contributed by atoms with Crippen molar-refractivity contribution in [3.8, 4) is 0 Å². The topological polar surface area (TPSA) is 91.6 Å². The van der Waals surface area contributed by atoms with Crippen LogP contribution in [0.25, 0.3) is 0 Å². The Hall–Kier alpha value is -1.66. The first-order valence-electron chi connectivity index (χ1n) is 10.2. The quantitative estimate of drug-likeness (QED) is 0.212. The summed E-state index contributed by atoms with van der Waals surface area (Å²) in [5.41, 5.74) is 3.18. The van der Waals surface area contributed by atoms with E-state index < -0.39 is 10.0 Å². The van der Waals surface area contributed by atoms with Gasteiger partial charge in [0.05, 0.1) is 10.6 Å². The molecule has 0 saturated carbocycles. The molecule has 0 spiro atoms. The lowest BCUT2D eigenvalue weighted by Gasteiger charge is -2.21. The summed E-state index contributed by atoms with van der Waals surface area (Å²) in [6, 6.07) is 8.93. The third-order valence-electron chi connectivity index (χ3n) is 4.95. The molecule has 0 aliphatic rings. The summed E-state index contributed by atoms with van der Waals surface area (Å²) in [5.74, 6) is 0.708. The van der Waals surface area contributed by atoms with Crippen molar-refractivity contribution in [3.05, 3.63) is 47.3 Å². The number of aromatic nitrogens is 2. The van der Waals surface area contributed by atoms with Crippen LogP contribution in [0.1, 0.15) is 37.2 Å². The van der Waals surface area contributed by atoms with Gasteiger partial charge in [-0.2, -0.15) is 9.40 Å². The molecule has 174 valence electrons. The number of guanidine groups is 1. The van der Waals surface area contributed by atoms with Gasteiger partial charge in [-0.3, -0.25) is 9.67 Å². The van der Waals surface area contributed by atoms with Gasteiger partial charge in [0.15, 0.2) is 5.96 Å². The van der Waals surface area contributed by atoms with Crippen molar-refractivity contribution >= 4 is 40.0 Å². The monoisotopic (exact) mass is 562 g/mol. The third-order valence-corrected chi connectivity index (χ3v) is 7.00. The van der Waals surface area contributed by atoms with Crippen LogP contribution in [0, 0.1) is 13.8 Å². The molecule has 0 amide bonds. The largest absolute Gasteiger partial charge is 0.356 e. The molecule has 8 nitrogen and oxygen atoms in total. The molecule has 1 heterocycles. The highest BCUT2D eigenvalue weighted by atomic mass is 127. The third kappa shape index (κ3) is 7.76. The number of aryl methyl sites for hydroxylation is 3. The van der Waals surface area contributed by atoms with Gasteiger partial charge in [-0.1, -0.05) is 12.1 Å². The summed E-state index contributed by atoms with van der Waals surface area (Å²) in [7, 11) is -0.134. The van der Waals surface area contributed by atoms with E-state index in [4.69, 9.17) is 0 Å². The van der Waals surface area contributed by atoms with Crippen LogP contribution < -0.4 is 10.6 Å². The molecule has 2 rings (SSSR count). The molecule has 0 aliphatic carbocycles. The van der Waals surface area contributed by atoms with Crippen LogP contribution in [0.2, 0.25) is 0 Å². The minimum atomic E-state index is -3.46. The SMILES string of the molecule is CN=C(NCCCn1nc(C)cc1C)NCc1ccc(S(=O)(=O)N(C)C(C)C)cc1.I. The Bertz CT molecular complexity index is 955. The molecule has 31 heavy (non-hydrogen) atoms. The van der Waals surface area contributed by atoms with Gasteiger partial charge < -0.3 is 10.6 Å². The molecule has 2 N–H and O–H groups in total. The van der Waals surface area contributed by atoms with E-state index in [1.165, 1.54) is 10.00 Å². The van der Waals surface area contributed by atoms with Crippen LogP contribution in [0.5, 0.6) is 0 Å². The molecule has 0 radical (unpaired) electrons. The van der Waals surface area contributed by atoms with Gasteiger partial charge in [-0.25, -0.2) is 8.42 Å². The van der Waals surface area contributed by atoms with Crippen molar-refractivity contribution < 1.29 is 8.42 Å². The predicted molar refractivity (Wildman–Crippen MR) is 136 cm³/mol. The molecule has 1 aromatic heterocycles. The molecule has 0 aliphatic heterocycles. The summed E-state index contributed by atoms with van der Waals surface area (Å²) < 4.78 is 28.5. The second-order valence-electron chi connectivity index (χ2n) is 7.62. The first-order chi connectivity index (χ1) is 14.1. The van der Waals surface area contributed by atoms with Gasteiger partial charge in [-0.15, -0.1) is 24.0 Å². The van der Waals surface area contributed by atoms with Crippen molar-refractivity contribution in [1.29, 1.82) is 0 Å². The Morgan fingerprint density at radius 2 is 1.84 bits per heavy atom. The zero-order chi connectivity index (χ0) is 22.3. The highest BCUT2D eigenvalue weighted by Crippen LogP contribution is 2.17. The first kappa shape index (κ1) is 27.4. The Morgan fingerprint density at radius 3 is 2.35 bits per heavy atom. The van der Waals surface area contributed by atoms with Crippen LogP contribution in [-0.4, -0.2) is 55.1 Å². The van der Waals surface area contributed by atoms with E-state index in [-0.39, 0.29) is 30.0 Å². The summed E-state index contributed by atoms with van der Waals surface area (Å²) in [6.07, 6.45) is 0.929. The smallest absolute Gasteiger partial charge is 0.243 e. The Labute approximate surface area is 203 Å². The van der Waals surface area contributed by atoms with Gasteiger partial charge in [0.25, 0.3) is 0 Å². The fourth-order valence-corrected chi connectivity index (χ4v) is 4.33. The lowest BCUT2D eigenvalue weighted by Crippen LogP contribution is -2.37. The summed E-state index contributed by atoms with van der Waals surface area (Å²) >= 11 is 0. The zero-order valence-electron chi connectivity index (χ0n) is 19.2. The fraction of sp³-hybridized carbons (Fsp3) is 0.524.